The predicted octanol–water partition coefficient (Wildman–Crippen LogP) is 4.36. The van der Waals surface area contributed by atoms with Crippen LogP contribution in [0.5, 0.6) is 0 Å². The molecule has 8 nitrogen and oxygen atoms in total. The molecule has 4 aromatic rings. The van der Waals surface area contributed by atoms with Gasteiger partial charge in [0.2, 0.25) is 11.7 Å². The van der Waals surface area contributed by atoms with Crippen LogP contribution in [0.1, 0.15) is 53.4 Å². The largest absolute Gasteiger partial charge is 0.339 e. The van der Waals surface area contributed by atoms with Crippen molar-refractivity contribution in [1.82, 2.24) is 29.5 Å². The first kappa shape index (κ1) is 21.4. The summed E-state index contributed by atoms with van der Waals surface area (Å²) in [5.41, 5.74) is 3.69. The monoisotopic (exact) mass is 474 g/mol. The van der Waals surface area contributed by atoms with Gasteiger partial charge in [0.1, 0.15) is 5.52 Å². The van der Waals surface area contributed by atoms with Gasteiger partial charge in [-0.1, -0.05) is 46.8 Å². The van der Waals surface area contributed by atoms with Crippen molar-refractivity contribution in [2.24, 2.45) is 0 Å². The van der Waals surface area contributed by atoms with Crippen molar-refractivity contribution in [2.75, 3.05) is 26.2 Å². The van der Waals surface area contributed by atoms with Crippen molar-refractivity contribution in [3.63, 3.8) is 0 Å². The second kappa shape index (κ2) is 9.23. The second-order valence-electron chi connectivity index (χ2n) is 9.16. The van der Waals surface area contributed by atoms with Crippen molar-refractivity contribution >= 4 is 27.7 Å². The molecule has 2 fully saturated rings. The van der Waals surface area contributed by atoms with E-state index in [1.807, 2.05) is 23.1 Å². The average molecular weight is 475 g/mol. The molecule has 1 aliphatic heterocycles. The molecule has 0 N–H and O–H groups in total. The number of piperazine rings is 1. The number of nitrogens with zero attached hydrogens (tertiary/aromatic N) is 6. The van der Waals surface area contributed by atoms with Gasteiger partial charge in [0.15, 0.2) is 0 Å². The molecule has 1 saturated carbocycles. The van der Waals surface area contributed by atoms with E-state index in [1.165, 1.54) is 29.9 Å². The van der Waals surface area contributed by atoms with Gasteiger partial charge >= 0.3 is 0 Å². The number of hydrogen-bond acceptors (Lipinski definition) is 8. The predicted molar refractivity (Wildman–Crippen MR) is 130 cm³/mol. The van der Waals surface area contributed by atoms with Gasteiger partial charge in [-0.2, -0.15) is 4.98 Å². The van der Waals surface area contributed by atoms with Crippen LogP contribution in [0.4, 0.5) is 0 Å². The average Bonchev–Trinajstić information content (AvgIpc) is 3.66. The Kier molecular flexibility index (Phi) is 5.80. The highest BCUT2D eigenvalue weighted by Gasteiger charge is 2.24. The van der Waals surface area contributed by atoms with E-state index in [9.17, 15) is 4.79 Å². The van der Waals surface area contributed by atoms with E-state index >= 15 is 0 Å². The maximum Gasteiger partial charge on any atom is 0.254 e. The highest BCUT2D eigenvalue weighted by molar-refractivity contribution is 7.12. The van der Waals surface area contributed by atoms with Gasteiger partial charge in [0.05, 0.1) is 4.70 Å². The summed E-state index contributed by atoms with van der Waals surface area (Å²) in [5, 5.41) is 8.29. The Balaban J connectivity index is 1.04. The summed E-state index contributed by atoms with van der Waals surface area (Å²) in [4.78, 5) is 21.9. The number of fused-ring (bicyclic) bond motifs is 1. The highest BCUT2D eigenvalue weighted by Crippen LogP contribution is 2.34. The molecule has 34 heavy (non-hydrogen) atoms. The smallest absolute Gasteiger partial charge is 0.254 e. The molecule has 2 aromatic carbocycles. The standard InChI is InChI=1S/C25H26N6O2S/c32-25(20-9-10-22-21(15-20)27-29-34-22)31-13-11-30(12-14-31)16-17-5-7-18(8-6-17)23-26-24(33-28-23)19-3-1-2-4-19/h5-10,15,19H,1-4,11-14,16H2. The molecule has 174 valence electrons. The maximum absolute atomic E-state index is 12.9. The zero-order valence-corrected chi connectivity index (χ0v) is 19.7. The molecule has 2 aromatic heterocycles. The molecule has 1 aliphatic carbocycles. The lowest BCUT2D eigenvalue weighted by Gasteiger charge is -2.34. The summed E-state index contributed by atoms with van der Waals surface area (Å²) in [6.45, 7) is 4.00. The third kappa shape index (κ3) is 4.33. The molecule has 6 rings (SSSR count). The summed E-state index contributed by atoms with van der Waals surface area (Å²) in [7, 11) is 0. The first-order valence-electron chi connectivity index (χ1n) is 11.9. The summed E-state index contributed by atoms with van der Waals surface area (Å²) < 4.78 is 10.5. The van der Waals surface area contributed by atoms with E-state index in [4.69, 9.17) is 4.52 Å². The molecule has 0 bridgehead atoms. The van der Waals surface area contributed by atoms with Gasteiger partial charge in [-0.25, -0.2) is 0 Å². The molecule has 0 atom stereocenters. The molecule has 3 heterocycles. The highest BCUT2D eigenvalue weighted by atomic mass is 32.1. The first-order valence-corrected chi connectivity index (χ1v) is 12.7. The Morgan fingerprint density at radius 1 is 1.03 bits per heavy atom. The zero-order chi connectivity index (χ0) is 22.9. The molecule has 0 radical (unpaired) electrons. The number of aromatic nitrogens is 4. The lowest BCUT2D eigenvalue weighted by molar-refractivity contribution is 0.0628. The van der Waals surface area contributed by atoms with E-state index in [2.05, 4.69) is 48.9 Å². The van der Waals surface area contributed by atoms with Crippen LogP contribution in [-0.2, 0) is 6.54 Å². The van der Waals surface area contributed by atoms with E-state index < -0.39 is 0 Å². The van der Waals surface area contributed by atoms with Crippen LogP contribution in [0, 0.1) is 0 Å². The van der Waals surface area contributed by atoms with Crippen molar-refractivity contribution in [3.05, 3.63) is 59.5 Å². The quantitative estimate of drug-likeness (QED) is 0.425. The van der Waals surface area contributed by atoms with Gasteiger partial charge < -0.3 is 9.42 Å². The summed E-state index contributed by atoms with van der Waals surface area (Å²) in [5.74, 6) is 1.95. The van der Waals surface area contributed by atoms with Crippen LogP contribution >= 0.6 is 11.5 Å². The van der Waals surface area contributed by atoms with Gasteiger partial charge in [-0.3, -0.25) is 9.69 Å². The fraction of sp³-hybridized carbons (Fsp3) is 0.400. The molecule has 0 spiro atoms. The van der Waals surface area contributed by atoms with Crippen molar-refractivity contribution < 1.29 is 9.32 Å². The fourth-order valence-corrected chi connectivity index (χ4v) is 5.45. The van der Waals surface area contributed by atoms with E-state index in [1.54, 1.807) is 0 Å². The van der Waals surface area contributed by atoms with Crippen LogP contribution in [0.25, 0.3) is 21.6 Å². The Hall–Kier alpha value is -3.17. The summed E-state index contributed by atoms with van der Waals surface area (Å²) >= 11 is 1.35. The van der Waals surface area contributed by atoms with Crippen LogP contribution < -0.4 is 0 Å². The third-order valence-corrected chi connectivity index (χ3v) is 7.62. The van der Waals surface area contributed by atoms with Crippen LogP contribution in [0.15, 0.2) is 47.0 Å². The molecule has 1 amide bonds. The summed E-state index contributed by atoms with van der Waals surface area (Å²) in [6.07, 6.45) is 4.80. The Bertz CT molecular complexity index is 1290. The number of carbonyl (C=O) groups is 1. The molecule has 1 saturated heterocycles. The number of rotatable bonds is 5. The number of benzene rings is 2. The Morgan fingerprint density at radius 3 is 2.62 bits per heavy atom. The summed E-state index contributed by atoms with van der Waals surface area (Å²) in [6, 6.07) is 14.1. The number of carbonyl (C=O) groups excluding carboxylic acids is 1. The zero-order valence-electron chi connectivity index (χ0n) is 18.9. The van der Waals surface area contributed by atoms with Crippen molar-refractivity contribution in [2.45, 2.75) is 38.1 Å². The van der Waals surface area contributed by atoms with Crippen LogP contribution in [-0.4, -0.2) is 61.6 Å². The van der Waals surface area contributed by atoms with Gasteiger partial charge in [0, 0.05) is 49.8 Å². The SMILES string of the molecule is O=C(c1ccc2snnc2c1)N1CCN(Cc2ccc(-c3noc(C4CCCC4)n3)cc2)CC1. The fourth-order valence-electron chi connectivity index (χ4n) is 4.91. The molecule has 2 aliphatic rings. The van der Waals surface area contributed by atoms with Crippen molar-refractivity contribution in [3.8, 4) is 11.4 Å². The van der Waals surface area contributed by atoms with E-state index in [0.29, 0.717) is 17.3 Å². The Morgan fingerprint density at radius 2 is 1.82 bits per heavy atom. The minimum Gasteiger partial charge on any atom is -0.339 e. The normalized spacial score (nSPS) is 17.6. The number of amides is 1. The molecule has 9 heteroatoms. The molecular formula is C25H26N6O2S. The molecule has 0 unspecified atom stereocenters. The van der Waals surface area contributed by atoms with Crippen molar-refractivity contribution in [1.29, 1.82) is 0 Å². The van der Waals surface area contributed by atoms with E-state index in [0.717, 1.165) is 67.2 Å². The number of hydrogen-bond donors (Lipinski definition) is 0. The van der Waals surface area contributed by atoms with Gasteiger partial charge in [-0.05, 0) is 48.1 Å². The van der Waals surface area contributed by atoms with Gasteiger partial charge in [-0.15, -0.1) is 5.10 Å². The van der Waals surface area contributed by atoms with Crippen LogP contribution in [0.3, 0.4) is 0 Å². The Labute approximate surface area is 201 Å². The topological polar surface area (TPSA) is 88.3 Å². The van der Waals surface area contributed by atoms with Crippen LogP contribution in [0.2, 0.25) is 0 Å². The second-order valence-corrected chi connectivity index (χ2v) is 9.94. The van der Waals surface area contributed by atoms with E-state index in [-0.39, 0.29) is 5.91 Å². The van der Waals surface area contributed by atoms with Gasteiger partial charge in [0.25, 0.3) is 5.91 Å². The minimum absolute atomic E-state index is 0.0657. The minimum atomic E-state index is 0.0657. The third-order valence-electron chi connectivity index (χ3n) is 6.92. The molecular weight excluding hydrogens is 448 g/mol. The first-order chi connectivity index (χ1) is 16.7. The lowest BCUT2D eigenvalue weighted by atomic mass is 10.1. The maximum atomic E-state index is 12.9. The lowest BCUT2D eigenvalue weighted by Crippen LogP contribution is -2.48.